The average Bonchev–Trinajstić information content (AvgIpc) is 2.61. The second kappa shape index (κ2) is 8.08. The van der Waals surface area contributed by atoms with Gasteiger partial charge >= 0.3 is 12.1 Å². The molecule has 0 bridgehead atoms. The lowest BCUT2D eigenvalue weighted by molar-refractivity contribution is -0.184. The molecular weight excluding hydrogens is 386 g/mol. The third-order valence-corrected chi connectivity index (χ3v) is 5.65. The molecule has 2 atom stereocenters. The first kappa shape index (κ1) is 22.2. The lowest BCUT2D eigenvalue weighted by Gasteiger charge is -2.45. The summed E-state index contributed by atoms with van der Waals surface area (Å²) in [4.78, 5) is 26.5. The van der Waals surface area contributed by atoms with E-state index >= 15 is 0 Å². The van der Waals surface area contributed by atoms with Gasteiger partial charge in [0.15, 0.2) is 0 Å². The lowest BCUT2D eigenvalue weighted by atomic mass is 9.91. The zero-order valence-electron chi connectivity index (χ0n) is 16.8. The number of hydrogen-bond acceptors (Lipinski definition) is 7. The molecule has 1 heterocycles. The number of ether oxygens (including phenoxy) is 2. The molecular formula is C19H27NO7S. The van der Waals surface area contributed by atoms with Crippen LogP contribution >= 0.6 is 0 Å². The Kier molecular flexibility index (Phi) is 6.40. The molecule has 9 heteroatoms. The number of amides is 1. The van der Waals surface area contributed by atoms with Crippen molar-refractivity contribution in [2.75, 3.05) is 13.7 Å². The number of likely N-dealkylation sites (tertiary alicyclic amines) is 1. The molecule has 0 aromatic heterocycles. The van der Waals surface area contributed by atoms with Gasteiger partial charge in [0.05, 0.1) is 12.0 Å². The summed E-state index contributed by atoms with van der Waals surface area (Å²) in [6.07, 6.45) is -0.405. The highest BCUT2D eigenvalue weighted by Crippen LogP contribution is 2.37. The largest absolute Gasteiger partial charge is 0.465 e. The molecule has 156 valence electrons. The Balaban J connectivity index is 2.51. The monoisotopic (exact) mass is 413 g/mol. The van der Waals surface area contributed by atoms with Gasteiger partial charge < -0.3 is 9.47 Å². The number of piperidine rings is 1. The SMILES string of the molecule is COC(=O)[C@@]1(OS(=O)(=O)c2ccccc2)CC[C@H](C)CN1C(=O)OC(C)(C)C. The van der Waals surface area contributed by atoms with Crippen LogP contribution in [0.3, 0.4) is 0 Å². The Labute approximate surface area is 165 Å². The molecule has 1 aliphatic rings. The number of hydrogen-bond donors (Lipinski definition) is 0. The fraction of sp³-hybridized carbons (Fsp3) is 0.579. The van der Waals surface area contributed by atoms with Gasteiger partial charge in [0, 0.05) is 13.0 Å². The van der Waals surface area contributed by atoms with Crippen molar-refractivity contribution >= 4 is 22.2 Å². The van der Waals surface area contributed by atoms with Crippen molar-refractivity contribution < 1.29 is 31.7 Å². The second-order valence-electron chi connectivity index (χ2n) is 7.86. The first-order valence-corrected chi connectivity index (χ1v) is 10.4. The number of rotatable bonds is 4. The van der Waals surface area contributed by atoms with Crippen LogP contribution in [0.15, 0.2) is 35.2 Å². The van der Waals surface area contributed by atoms with Crippen LogP contribution in [0.5, 0.6) is 0 Å². The standard InChI is InChI=1S/C19H27NO7S/c1-14-11-12-19(16(21)25-5,20(13-14)17(22)26-18(2,3)4)27-28(23,24)15-9-7-6-8-10-15/h6-10,14H,11-13H2,1-5H3/t14-,19-/m0/s1. The van der Waals surface area contributed by atoms with Gasteiger partial charge in [-0.25, -0.2) is 13.8 Å². The molecule has 1 aromatic carbocycles. The molecule has 1 saturated heterocycles. The Morgan fingerprint density at radius 3 is 2.32 bits per heavy atom. The van der Waals surface area contributed by atoms with Crippen molar-refractivity contribution in [3.8, 4) is 0 Å². The van der Waals surface area contributed by atoms with Crippen LogP contribution in [0.1, 0.15) is 40.5 Å². The van der Waals surface area contributed by atoms with Crippen molar-refractivity contribution in [1.82, 2.24) is 4.90 Å². The summed E-state index contributed by atoms with van der Waals surface area (Å²) in [5.41, 5.74) is -2.96. The fourth-order valence-corrected chi connectivity index (χ4v) is 4.17. The third kappa shape index (κ3) is 4.82. The minimum atomic E-state index is -4.35. The molecule has 1 fully saturated rings. The van der Waals surface area contributed by atoms with E-state index in [9.17, 15) is 18.0 Å². The van der Waals surface area contributed by atoms with Gasteiger partial charge in [-0.05, 0) is 45.2 Å². The maximum absolute atomic E-state index is 12.9. The van der Waals surface area contributed by atoms with Gasteiger partial charge in [-0.15, -0.1) is 0 Å². The molecule has 2 rings (SSSR count). The zero-order chi connectivity index (χ0) is 21.2. The second-order valence-corrected chi connectivity index (χ2v) is 9.41. The summed E-state index contributed by atoms with van der Waals surface area (Å²) in [5.74, 6) is -0.946. The van der Waals surface area contributed by atoms with E-state index in [2.05, 4.69) is 0 Å². The molecule has 0 N–H and O–H groups in total. The Morgan fingerprint density at radius 2 is 1.79 bits per heavy atom. The van der Waals surface area contributed by atoms with Crippen LogP contribution in [0.4, 0.5) is 4.79 Å². The highest BCUT2D eigenvalue weighted by atomic mass is 32.2. The molecule has 0 spiro atoms. The minimum absolute atomic E-state index is 0.0216. The molecule has 1 aliphatic heterocycles. The van der Waals surface area contributed by atoms with Crippen molar-refractivity contribution in [3.05, 3.63) is 30.3 Å². The van der Waals surface area contributed by atoms with Crippen molar-refractivity contribution in [2.24, 2.45) is 5.92 Å². The number of methoxy groups -OCH3 is 1. The predicted octanol–water partition coefficient (Wildman–Crippen LogP) is 2.93. The maximum atomic E-state index is 12.9. The number of nitrogens with zero attached hydrogens (tertiary/aromatic N) is 1. The lowest BCUT2D eigenvalue weighted by Crippen LogP contribution is -2.64. The van der Waals surface area contributed by atoms with Crippen molar-refractivity contribution in [3.63, 3.8) is 0 Å². The van der Waals surface area contributed by atoms with E-state index in [1.165, 1.54) is 24.3 Å². The Hall–Kier alpha value is -2.13. The van der Waals surface area contributed by atoms with E-state index in [4.69, 9.17) is 13.7 Å². The van der Waals surface area contributed by atoms with E-state index in [-0.39, 0.29) is 23.8 Å². The summed E-state index contributed by atoms with van der Waals surface area (Å²) in [5, 5.41) is 0. The van der Waals surface area contributed by atoms with Crippen LogP contribution in [-0.2, 0) is 28.6 Å². The van der Waals surface area contributed by atoms with Crippen LogP contribution in [0, 0.1) is 5.92 Å². The molecule has 0 radical (unpaired) electrons. The number of esters is 1. The normalized spacial score (nSPS) is 23.2. The molecule has 1 aromatic rings. The minimum Gasteiger partial charge on any atom is -0.465 e. The molecule has 1 amide bonds. The zero-order valence-corrected chi connectivity index (χ0v) is 17.6. The van der Waals surface area contributed by atoms with Crippen molar-refractivity contribution in [1.29, 1.82) is 0 Å². The molecule has 28 heavy (non-hydrogen) atoms. The smallest absolute Gasteiger partial charge is 0.413 e. The molecule has 0 aliphatic carbocycles. The van der Waals surface area contributed by atoms with E-state index in [1.54, 1.807) is 26.8 Å². The van der Waals surface area contributed by atoms with Crippen LogP contribution in [0.25, 0.3) is 0 Å². The van der Waals surface area contributed by atoms with E-state index in [0.29, 0.717) is 6.42 Å². The van der Waals surface area contributed by atoms with E-state index in [0.717, 1.165) is 12.0 Å². The highest BCUT2D eigenvalue weighted by molar-refractivity contribution is 7.86. The Morgan fingerprint density at radius 1 is 1.18 bits per heavy atom. The fourth-order valence-electron chi connectivity index (χ4n) is 2.98. The van der Waals surface area contributed by atoms with Crippen LogP contribution < -0.4 is 0 Å². The quantitative estimate of drug-likeness (QED) is 0.553. The summed E-state index contributed by atoms with van der Waals surface area (Å²) in [6.45, 7) is 7.03. The summed E-state index contributed by atoms with van der Waals surface area (Å²) >= 11 is 0. The summed E-state index contributed by atoms with van der Waals surface area (Å²) in [7, 11) is -3.23. The maximum Gasteiger partial charge on any atom is 0.413 e. The molecule has 0 saturated carbocycles. The van der Waals surface area contributed by atoms with Gasteiger partial charge in [0.2, 0.25) is 0 Å². The van der Waals surface area contributed by atoms with E-state index < -0.39 is 33.5 Å². The van der Waals surface area contributed by atoms with Crippen LogP contribution in [-0.4, -0.2) is 50.4 Å². The first-order chi connectivity index (χ1) is 12.9. The van der Waals surface area contributed by atoms with Gasteiger partial charge in [0.1, 0.15) is 5.60 Å². The summed E-state index contributed by atoms with van der Waals surface area (Å²) < 4.78 is 41.4. The first-order valence-electron chi connectivity index (χ1n) is 9.01. The van der Waals surface area contributed by atoms with Crippen LogP contribution in [0.2, 0.25) is 0 Å². The average molecular weight is 413 g/mol. The van der Waals surface area contributed by atoms with Gasteiger partial charge in [-0.3, -0.25) is 4.90 Å². The van der Waals surface area contributed by atoms with Gasteiger partial charge in [-0.2, -0.15) is 8.42 Å². The molecule has 8 nitrogen and oxygen atoms in total. The number of benzene rings is 1. The number of carbonyl (C=O) groups excluding carboxylic acids is 2. The summed E-state index contributed by atoms with van der Waals surface area (Å²) in [6, 6.07) is 7.43. The number of carbonyl (C=O) groups is 2. The molecule has 0 unspecified atom stereocenters. The topological polar surface area (TPSA) is 99.2 Å². The van der Waals surface area contributed by atoms with Gasteiger partial charge in [0.25, 0.3) is 15.8 Å². The highest BCUT2D eigenvalue weighted by Gasteiger charge is 2.56. The third-order valence-electron chi connectivity index (χ3n) is 4.30. The predicted molar refractivity (Wildman–Crippen MR) is 101 cm³/mol. The van der Waals surface area contributed by atoms with Gasteiger partial charge in [-0.1, -0.05) is 25.1 Å². The Bertz CT molecular complexity index is 816. The van der Waals surface area contributed by atoms with E-state index in [1.807, 2.05) is 6.92 Å². The van der Waals surface area contributed by atoms with Crippen molar-refractivity contribution in [2.45, 2.75) is 56.8 Å².